The van der Waals surface area contributed by atoms with Crippen molar-refractivity contribution >= 4 is 21.8 Å². The standard InChI is InChI=1S/C25H33N3O5S/c1-18(2)23(25(30)26-17-19-8-7-9-21(16-19)33-3)27-24(29)20-12-14-28(15-13-20)34(31,32)22-10-5-4-6-11-22/h4-11,16,18,20,23H,12-15,17H2,1-3H3,(H,26,30)(H,27,29)/t23-/m0/s1. The smallest absolute Gasteiger partial charge is 0.243 e. The number of nitrogens with zero attached hydrogens (tertiary/aromatic N) is 1. The molecule has 34 heavy (non-hydrogen) atoms. The number of nitrogens with one attached hydrogen (secondary N) is 2. The van der Waals surface area contributed by atoms with Crippen LogP contribution in [0.4, 0.5) is 0 Å². The molecule has 9 heteroatoms. The number of benzene rings is 2. The predicted molar refractivity (Wildman–Crippen MR) is 130 cm³/mol. The van der Waals surface area contributed by atoms with E-state index in [-0.39, 0.29) is 41.6 Å². The lowest BCUT2D eigenvalue weighted by molar-refractivity contribution is -0.132. The summed E-state index contributed by atoms with van der Waals surface area (Å²) < 4.78 is 32.3. The molecule has 2 aromatic rings. The Balaban J connectivity index is 1.55. The second-order valence-electron chi connectivity index (χ2n) is 8.79. The third kappa shape index (κ3) is 6.36. The van der Waals surface area contributed by atoms with Crippen molar-refractivity contribution < 1.29 is 22.7 Å². The molecule has 0 aromatic heterocycles. The number of amides is 2. The molecular formula is C25H33N3O5S. The highest BCUT2D eigenvalue weighted by atomic mass is 32.2. The average Bonchev–Trinajstić information content (AvgIpc) is 2.86. The van der Waals surface area contributed by atoms with Crippen LogP contribution in [0.1, 0.15) is 32.3 Å². The monoisotopic (exact) mass is 487 g/mol. The molecule has 1 fully saturated rings. The Bertz CT molecular complexity index is 1080. The predicted octanol–water partition coefficient (Wildman–Crippen LogP) is 2.55. The summed E-state index contributed by atoms with van der Waals surface area (Å²) in [6.45, 7) is 4.62. The van der Waals surface area contributed by atoms with Crippen LogP contribution >= 0.6 is 0 Å². The van der Waals surface area contributed by atoms with E-state index in [9.17, 15) is 18.0 Å². The van der Waals surface area contributed by atoms with Gasteiger partial charge in [-0.2, -0.15) is 4.31 Å². The lowest BCUT2D eigenvalue weighted by Gasteiger charge is -2.32. The minimum Gasteiger partial charge on any atom is -0.497 e. The summed E-state index contributed by atoms with van der Waals surface area (Å²) in [6, 6.07) is 15.1. The van der Waals surface area contributed by atoms with Gasteiger partial charge in [0.25, 0.3) is 0 Å². The summed E-state index contributed by atoms with van der Waals surface area (Å²) in [5.41, 5.74) is 0.897. The zero-order chi connectivity index (χ0) is 24.7. The van der Waals surface area contributed by atoms with Crippen LogP contribution in [-0.2, 0) is 26.2 Å². The molecule has 2 N–H and O–H groups in total. The molecule has 2 amide bonds. The number of carbonyl (C=O) groups excluding carboxylic acids is 2. The van der Waals surface area contributed by atoms with E-state index in [2.05, 4.69) is 10.6 Å². The van der Waals surface area contributed by atoms with Crippen molar-refractivity contribution in [1.82, 2.24) is 14.9 Å². The highest BCUT2D eigenvalue weighted by Gasteiger charge is 2.34. The number of carbonyl (C=O) groups is 2. The van der Waals surface area contributed by atoms with Gasteiger partial charge in [-0.3, -0.25) is 9.59 Å². The maximum Gasteiger partial charge on any atom is 0.243 e. The topological polar surface area (TPSA) is 105 Å². The lowest BCUT2D eigenvalue weighted by Crippen LogP contribution is -2.52. The molecule has 2 aromatic carbocycles. The lowest BCUT2D eigenvalue weighted by atomic mass is 9.95. The Morgan fingerprint density at radius 1 is 1.06 bits per heavy atom. The molecule has 0 spiro atoms. The largest absolute Gasteiger partial charge is 0.497 e. The number of sulfonamides is 1. The molecule has 1 aliphatic heterocycles. The van der Waals surface area contributed by atoms with Crippen LogP contribution in [-0.4, -0.2) is 50.8 Å². The summed E-state index contributed by atoms with van der Waals surface area (Å²) in [5.74, 6) is -0.203. The molecule has 1 saturated heterocycles. The Morgan fingerprint density at radius 3 is 2.35 bits per heavy atom. The van der Waals surface area contributed by atoms with Gasteiger partial charge in [-0.15, -0.1) is 0 Å². The van der Waals surface area contributed by atoms with Crippen LogP contribution in [0.3, 0.4) is 0 Å². The molecule has 1 atom stereocenters. The first-order valence-corrected chi connectivity index (χ1v) is 12.9. The summed E-state index contributed by atoms with van der Waals surface area (Å²) in [6.07, 6.45) is 0.822. The number of ether oxygens (including phenoxy) is 1. The van der Waals surface area contributed by atoms with E-state index in [0.717, 1.165) is 5.56 Å². The fraction of sp³-hybridized carbons (Fsp3) is 0.440. The first-order chi connectivity index (χ1) is 16.2. The van der Waals surface area contributed by atoms with Crippen LogP contribution in [0, 0.1) is 11.8 Å². The van der Waals surface area contributed by atoms with Gasteiger partial charge in [0.1, 0.15) is 11.8 Å². The molecule has 0 bridgehead atoms. The van der Waals surface area contributed by atoms with Gasteiger partial charge >= 0.3 is 0 Å². The van der Waals surface area contributed by atoms with Gasteiger partial charge < -0.3 is 15.4 Å². The zero-order valence-electron chi connectivity index (χ0n) is 19.9. The van der Waals surface area contributed by atoms with Gasteiger partial charge in [0, 0.05) is 25.6 Å². The Hall–Kier alpha value is -2.91. The van der Waals surface area contributed by atoms with Crippen molar-refractivity contribution in [1.29, 1.82) is 0 Å². The molecule has 0 radical (unpaired) electrons. The molecule has 1 heterocycles. The highest BCUT2D eigenvalue weighted by molar-refractivity contribution is 7.89. The molecule has 0 saturated carbocycles. The fourth-order valence-corrected chi connectivity index (χ4v) is 5.48. The summed E-state index contributed by atoms with van der Waals surface area (Å²) in [7, 11) is -1.98. The second kappa shape index (κ2) is 11.5. The molecule has 3 rings (SSSR count). The van der Waals surface area contributed by atoms with Crippen LogP contribution in [0.2, 0.25) is 0 Å². The van der Waals surface area contributed by atoms with Gasteiger partial charge in [0.2, 0.25) is 21.8 Å². The molecule has 1 aliphatic rings. The molecule has 8 nitrogen and oxygen atoms in total. The number of hydrogen-bond acceptors (Lipinski definition) is 5. The number of hydrogen-bond donors (Lipinski definition) is 2. The van der Waals surface area contributed by atoms with E-state index >= 15 is 0 Å². The first-order valence-electron chi connectivity index (χ1n) is 11.5. The maximum atomic E-state index is 12.9. The Labute approximate surface area is 201 Å². The normalized spacial score (nSPS) is 16.1. The average molecular weight is 488 g/mol. The van der Waals surface area contributed by atoms with Crippen molar-refractivity contribution in [3.8, 4) is 5.75 Å². The SMILES string of the molecule is COc1cccc(CNC(=O)[C@@H](NC(=O)C2CCN(S(=O)(=O)c3ccccc3)CC2)C(C)C)c1. The van der Waals surface area contributed by atoms with Crippen molar-refractivity contribution in [2.24, 2.45) is 11.8 Å². The van der Waals surface area contributed by atoms with E-state index in [1.165, 1.54) is 4.31 Å². The molecule has 0 aliphatic carbocycles. The van der Waals surface area contributed by atoms with Gasteiger partial charge in [0.05, 0.1) is 12.0 Å². The maximum absolute atomic E-state index is 12.9. The van der Waals surface area contributed by atoms with E-state index in [1.807, 2.05) is 38.1 Å². The van der Waals surface area contributed by atoms with Crippen LogP contribution in [0.5, 0.6) is 5.75 Å². The van der Waals surface area contributed by atoms with E-state index in [0.29, 0.717) is 25.1 Å². The van der Waals surface area contributed by atoms with E-state index < -0.39 is 16.1 Å². The quantitative estimate of drug-likeness (QED) is 0.566. The number of methoxy groups -OCH3 is 1. The highest BCUT2D eigenvalue weighted by Crippen LogP contribution is 2.24. The van der Waals surface area contributed by atoms with Crippen LogP contribution in [0.15, 0.2) is 59.5 Å². The number of piperidine rings is 1. The zero-order valence-corrected chi connectivity index (χ0v) is 20.7. The molecular weight excluding hydrogens is 454 g/mol. The third-order valence-corrected chi connectivity index (χ3v) is 7.97. The first kappa shape index (κ1) is 25.7. The second-order valence-corrected chi connectivity index (χ2v) is 10.7. The van der Waals surface area contributed by atoms with Crippen LogP contribution in [0.25, 0.3) is 0 Å². The van der Waals surface area contributed by atoms with Crippen LogP contribution < -0.4 is 15.4 Å². The third-order valence-electron chi connectivity index (χ3n) is 6.05. The summed E-state index contributed by atoms with van der Waals surface area (Å²) >= 11 is 0. The van der Waals surface area contributed by atoms with E-state index in [1.54, 1.807) is 37.4 Å². The van der Waals surface area contributed by atoms with Crippen molar-refractivity contribution in [3.63, 3.8) is 0 Å². The fourth-order valence-electron chi connectivity index (χ4n) is 3.99. The molecule has 0 unspecified atom stereocenters. The minimum atomic E-state index is -3.57. The van der Waals surface area contributed by atoms with Gasteiger partial charge in [-0.05, 0) is 48.6 Å². The minimum absolute atomic E-state index is 0.104. The van der Waals surface area contributed by atoms with Gasteiger partial charge in [-0.25, -0.2) is 8.42 Å². The Kier molecular flexibility index (Phi) is 8.68. The Morgan fingerprint density at radius 2 is 1.74 bits per heavy atom. The summed E-state index contributed by atoms with van der Waals surface area (Å²) in [5, 5.41) is 5.77. The van der Waals surface area contributed by atoms with E-state index in [4.69, 9.17) is 4.74 Å². The summed E-state index contributed by atoms with van der Waals surface area (Å²) in [4.78, 5) is 26.0. The van der Waals surface area contributed by atoms with Gasteiger partial charge in [0.15, 0.2) is 0 Å². The van der Waals surface area contributed by atoms with Crippen molar-refractivity contribution in [2.75, 3.05) is 20.2 Å². The number of rotatable bonds is 9. The van der Waals surface area contributed by atoms with Gasteiger partial charge in [-0.1, -0.05) is 44.2 Å². The molecule has 184 valence electrons. The van der Waals surface area contributed by atoms with Crippen molar-refractivity contribution in [3.05, 3.63) is 60.2 Å². The van der Waals surface area contributed by atoms with Crippen molar-refractivity contribution in [2.45, 2.75) is 44.2 Å².